The minimum Gasteiger partial charge on any atom is -0.395 e. The monoisotopic (exact) mass is 312 g/mol. The Hall–Kier alpha value is -2.33. The number of para-hydroxylation sites is 1. The topological polar surface area (TPSA) is 52.6 Å². The number of aliphatic hydroxyl groups is 1. The van der Waals surface area contributed by atoms with Crippen molar-refractivity contribution in [2.24, 2.45) is 0 Å². The molecule has 0 spiro atoms. The predicted octanol–water partition coefficient (Wildman–Crippen LogP) is 3.51. The molecule has 0 aromatic heterocycles. The highest BCUT2D eigenvalue weighted by Crippen LogP contribution is 2.19. The van der Waals surface area contributed by atoms with Crippen molar-refractivity contribution in [1.82, 2.24) is 4.90 Å². The summed E-state index contributed by atoms with van der Waals surface area (Å²) in [6, 6.07) is 17.9. The molecule has 0 saturated heterocycles. The summed E-state index contributed by atoms with van der Waals surface area (Å²) in [4.78, 5) is 14.0. The van der Waals surface area contributed by atoms with Crippen molar-refractivity contribution in [1.29, 1.82) is 0 Å². The molecule has 0 aliphatic rings. The molecule has 2 N–H and O–H groups in total. The van der Waals surface area contributed by atoms with Crippen LogP contribution in [0.15, 0.2) is 54.6 Å². The van der Waals surface area contributed by atoms with Gasteiger partial charge in [0.1, 0.15) is 0 Å². The van der Waals surface area contributed by atoms with E-state index >= 15 is 0 Å². The fourth-order valence-corrected chi connectivity index (χ4v) is 2.51. The number of hydrogen-bond acceptors (Lipinski definition) is 2. The molecule has 0 radical (unpaired) electrons. The van der Waals surface area contributed by atoms with E-state index in [2.05, 4.69) is 17.4 Å². The van der Waals surface area contributed by atoms with Gasteiger partial charge in [0.05, 0.1) is 6.61 Å². The molecule has 2 aromatic rings. The predicted molar refractivity (Wildman–Crippen MR) is 93.7 cm³/mol. The summed E-state index contributed by atoms with van der Waals surface area (Å²) in [5.74, 6) is 0. The number of carbonyl (C=O) groups is 1. The smallest absolute Gasteiger partial charge is 0.321 e. The van der Waals surface area contributed by atoms with Crippen molar-refractivity contribution in [3.63, 3.8) is 0 Å². The summed E-state index contributed by atoms with van der Waals surface area (Å²) in [7, 11) is 0. The number of hydrogen-bond donors (Lipinski definition) is 2. The van der Waals surface area contributed by atoms with Crippen molar-refractivity contribution in [2.75, 3.05) is 25.0 Å². The highest BCUT2D eigenvalue weighted by molar-refractivity contribution is 5.90. The number of aliphatic hydroxyl groups excluding tert-OH is 1. The molecule has 0 atom stereocenters. The van der Waals surface area contributed by atoms with Crippen LogP contribution in [0.2, 0.25) is 0 Å². The molecule has 2 rings (SSSR count). The third-order valence-corrected chi connectivity index (χ3v) is 3.65. The molecule has 0 aliphatic heterocycles. The van der Waals surface area contributed by atoms with Gasteiger partial charge in [0.2, 0.25) is 0 Å². The lowest BCUT2D eigenvalue weighted by atomic mass is 10.0. The van der Waals surface area contributed by atoms with E-state index < -0.39 is 0 Å². The molecule has 23 heavy (non-hydrogen) atoms. The second-order valence-electron chi connectivity index (χ2n) is 5.46. The number of urea groups is 1. The highest BCUT2D eigenvalue weighted by atomic mass is 16.3. The summed E-state index contributed by atoms with van der Waals surface area (Å²) in [6.07, 6.45) is 1.63. The summed E-state index contributed by atoms with van der Waals surface area (Å²) in [5, 5.41) is 12.1. The molecule has 0 heterocycles. The Bertz CT molecular complexity index is 608. The van der Waals surface area contributed by atoms with Crippen LogP contribution in [0.5, 0.6) is 0 Å². The minimum absolute atomic E-state index is 0.0287. The largest absolute Gasteiger partial charge is 0.395 e. The molecule has 0 bridgehead atoms. The number of rotatable bonds is 7. The molecular weight excluding hydrogens is 288 g/mol. The molecule has 122 valence electrons. The van der Waals surface area contributed by atoms with Crippen LogP contribution in [-0.2, 0) is 6.42 Å². The zero-order chi connectivity index (χ0) is 16.5. The van der Waals surface area contributed by atoms with E-state index in [1.54, 1.807) is 4.90 Å². The molecular formula is C19H24N2O2. The van der Waals surface area contributed by atoms with Crippen molar-refractivity contribution < 1.29 is 9.90 Å². The molecule has 0 fully saturated rings. The van der Waals surface area contributed by atoms with Gasteiger partial charge in [-0.2, -0.15) is 0 Å². The van der Waals surface area contributed by atoms with E-state index in [9.17, 15) is 4.79 Å². The zero-order valence-electron chi connectivity index (χ0n) is 13.5. The van der Waals surface area contributed by atoms with Gasteiger partial charge in [-0.1, -0.05) is 55.5 Å². The highest BCUT2D eigenvalue weighted by Gasteiger charge is 2.13. The number of carbonyl (C=O) groups excluding carboxylic acids is 1. The van der Waals surface area contributed by atoms with Crippen LogP contribution in [0.1, 0.15) is 24.5 Å². The van der Waals surface area contributed by atoms with Crippen molar-refractivity contribution in [2.45, 2.75) is 19.8 Å². The standard InChI is InChI=1S/C19H24N2O2/c1-2-12-21(13-14-22)19(23)20-18-11-7-6-10-17(18)15-16-8-4-3-5-9-16/h3-11,22H,2,12-15H2,1H3,(H,20,23). The molecule has 2 amide bonds. The number of benzene rings is 2. The van der Waals surface area contributed by atoms with Crippen LogP contribution >= 0.6 is 0 Å². The Morgan fingerprint density at radius 1 is 1.04 bits per heavy atom. The third-order valence-electron chi connectivity index (χ3n) is 3.65. The maximum atomic E-state index is 12.4. The normalized spacial score (nSPS) is 10.3. The maximum Gasteiger partial charge on any atom is 0.321 e. The second kappa shape index (κ2) is 8.96. The summed E-state index contributed by atoms with van der Waals surface area (Å²) < 4.78 is 0. The molecule has 0 unspecified atom stereocenters. The zero-order valence-corrected chi connectivity index (χ0v) is 13.5. The molecule has 4 heteroatoms. The van der Waals surface area contributed by atoms with E-state index in [1.165, 1.54) is 5.56 Å². The van der Waals surface area contributed by atoms with Crippen LogP contribution < -0.4 is 5.32 Å². The van der Waals surface area contributed by atoms with Crippen LogP contribution in [0.3, 0.4) is 0 Å². The first-order chi connectivity index (χ1) is 11.2. The average Bonchev–Trinajstić information content (AvgIpc) is 2.57. The Labute approximate surface area is 137 Å². The van der Waals surface area contributed by atoms with Crippen LogP contribution in [0.4, 0.5) is 10.5 Å². The Kier molecular flexibility index (Phi) is 6.63. The third kappa shape index (κ3) is 5.11. The van der Waals surface area contributed by atoms with Gasteiger partial charge in [0, 0.05) is 18.8 Å². The van der Waals surface area contributed by atoms with Gasteiger partial charge in [-0.05, 0) is 30.0 Å². The SMILES string of the molecule is CCCN(CCO)C(=O)Nc1ccccc1Cc1ccccc1. The van der Waals surface area contributed by atoms with Crippen LogP contribution in [0, 0.1) is 0 Å². The number of nitrogens with one attached hydrogen (secondary N) is 1. The molecule has 2 aromatic carbocycles. The van der Waals surface area contributed by atoms with Crippen molar-refractivity contribution in [3.8, 4) is 0 Å². The first kappa shape index (κ1) is 17.0. The second-order valence-corrected chi connectivity index (χ2v) is 5.46. The lowest BCUT2D eigenvalue weighted by Gasteiger charge is -2.22. The van der Waals surface area contributed by atoms with Crippen LogP contribution in [0.25, 0.3) is 0 Å². The van der Waals surface area contributed by atoms with Crippen molar-refractivity contribution >= 4 is 11.7 Å². The summed E-state index contributed by atoms with van der Waals surface area (Å²) >= 11 is 0. The Morgan fingerprint density at radius 2 is 1.74 bits per heavy atom. The first-order valence-electron chi connectivity index (χ1n) is 8.03. The fourth-order valence-electron chi connectivity index (χ4n) is 2.51. The van der Waals surface area contributed by atoms with Gasteiger partial charge < -0.3 is 15.3 Å². The minimum atomic E-state index is -0.165. The van der Waals surface area contributed by atoms with Gasteiger partial charge in [0.25, 0.3) is 0 Å². The van der Waals surface area contributed by atoms with Gasteiger partial charge in [-0.3, -0.25) is 0 Å². The van der Waals surface area contributed by atoms with Crippen LogP contribution in [-0.4, -0.2) is 35.7 Å². The van der Waals surface area contributed by atoms with Crippen molar-refractivity contribution in [3.05, 3.63) is 65.7 Å². The van der Waals surface area contributed by atoms with Gasteiger partial charge in [-0.25, -0.2) is 4.79 Å². The van der Waals surface area contributed by atoms with Gasteiger partial charge in [0.15, 0.2) is 0 Å². The maximum absolute atomic E-state index is 12.4. The summed E-state index contributed by atoms with van der Waals surface area (Å²) in [6.45, 7) is 2.97. The quantitative estimate of drug-likeness (QED) is 0.822. The van der Waals surface area contributed by atoms with E-state index in [0.29, 0.717) is 13.1 Å². The van der Waals surface area contributed by atoms with E-state index in [1.807, 2.05) is 49.4 Å². The summed E-state index contributed by atoms with van der Waals surface area (Å²) in [5.41, 5.74) is 3.10. The number of amides is 2. The first-order valence-corrected chi connectivity index (χ1v) is 8.03. The molecule has 0 aliphatic carbocycles. The van der Waals surface area contributed by atoms with Gasteiger partial charge >= 0.3 is 6.03 Å². The number of nitrogens with zero attached hydrogens (tertiary/aromatic N) is 1. The molecule has 4 nitrogen and oxygen atoms in total. The lowest BCUT2D eigenvalue weighted by molar-refractivity contribution is 0.188. The van der Waals surface area contributed by atoms with E-state index in [0.717, 1.165) is 24.1 Å². The lowest BCUT2D eigenvalue weighted by Crippen LogP contribution is -2.37. The average molecular weight is 312 g/mol. The number of anilines is 1. The fraction of sp³-hybridized carbons (Fsp3) is 0.316. The Morgan fingerprint density at radius 3 is 2.43 bits per heavy atom. The Balaban J connectivity index is 2.12. The van der Waals surface area contributed by atoms with E-state index in [-0.39, 0.29) is 12.6 Å². The molecule has 0 saturated carbocycles. The van der Waals surface area contributed by atoms with E-state index in [4.69, 9.17) is 5.11 Å². The van der Waals surface area contributed by atoms with Gasteiger partial charge in [-0.15, -0.1) is 0 Å².